The number of nitrogens with zero attached hydrogens (tertiary/aromatic N) is 1. The molecule has 3 N–H and O–H groups in total. The number of carbonyl (C=O) groups excluding carboxylic acids is 1. The number of aromatic nitrogens is 2. The van der Waals surface area contributed by atoms with Crippen LogP contribution in [0.2, 0.25) is 0 Å². The first-order valence-electron chi connectivity index (χ1n) is 5.81. The third kappa shape index (κ3) is 2.18. The second kappa shape index (κ2) is 4.24. The highest BCUT2D eigenvalue weighted by Gasteiger charge is 2.25. The molecule has 2 aromatic rings. The number of nitrogens with two attached hydrogens (primary N) is 1. The number of nitrogens with one attached hydrogen (secondary N) is 1. The molecule has 18 heavy (non-hydrogen) atoms. The lowest BCUT2D eigenvalue weighted by molar-refractivity contribution is -0.119. The molecule has 0 atom stereocenters. The van der Waals surface area contributed by atoms with Crippen LogP contribution in [0.15, 0.2) is 18.2 Å². The Morgan fingerprint density at radius 3 is 2.78 bits per heavy atom. The first kappa shape index (κ1) is 12.8. The number of hydrogen-bond donors (Lipinski definition) is 2. The molecule has 1 aromatic carbocycles. The Labute approximate surface area is 111 Å². The Morgan fingerprint density at radius 1 is 1.50 bits per heavy atom. The number of aryl methyl sites for hydroxylation is 1. The third-order valence-corrected chi connectivity index (χ3v) is 3.34. The molecule has 0 aliphatic heterocycles. The van der Waals surface area contributed by atoms with E-state index in [-0.39, 0.29) is 12.3 Å². The second-order valence-corrected chi connectivity index (χ2v) is 5.63. The molecule has 0 bridgehead atoms. The second-order valence-electron chi connectivity index (χ2n) is 5.24. The van der Waals surface area contributed by atoms with Gasteiger partial charge in [0.2, 0.25) is 5.91 Å². The number of amides is 1. The summed E-state index contributed by atoms with van der Waals surface area (Å²) in [5.41, 5.74) is 8.01. The first-order chi connectivity index (χ1) is 8.31. The molecule has 0 fully saturated rings. The topological polar surface area (TPSA) is 63.8 Å². The predicted octanol–water partition coefficient (Wildman–Crippen LogP) is 2.62. The molecule has 0 saturated heterocycles. The zero-order chi connectivity index (χ0) is 13.5. The number of H-pyrrole nitrogens is 1. The van der Waals surface area contributed by atoms with Crippen LogP contribution in [0, 0.1) is 11.7 Å². The summed E-state index contributed by atoms with van der Waals surface area (Å²) in [6.07, 6.45) is 0.252. The molecule has 0 aliphatic rings. The van der Waals surface area contributed by atoms with Crippen LogP contribution in [0.3, 0.4) is 0 Å². The summed E-state index contributed by atoms with van der Waals surface area (Å²) in [6.45, 7) is 5.95. The van der Waals surface area contributed by atoms with Crippen molar-refractivity contribution in [2.75, 3.05) is 0 Å². The maximum Gasteiger partial charge on any atom is 0.219 e. The first-order valence-corrected chi connectivity index (χ1v) is 6.22. The predicted molar refractivity (Wildman–Crippen MR) is 75.0 cm³/mol. The molecule has 4 nitrogen and oxygen atoms in total. The lowest BCUT2D eigenvalue weighted by Crippen LogP contribution is -2.32. The highest BCUT2D eigenvalue weighted by atomic mass is 32.1. The highest BCUT2D eigenvalue weighted by Crippen LogP contribution is 2.26. The minimum Gasteiger partial charge on any atom is -0.370 e. The fourth-order valence-electron chi connectivity index (χ4n) is 2.32. The molecule has 0 aliphatic carbocycles. The van der Waals surface area contributed by atoms with Crippen molar-refractivity contribution in [2.24, 2.45) is 5.73 Å². The highest BCUT2D eigenvalue weighted by molar-refractivity contribution is 7.71. The Bertz CT molecular complexity index is 666. The van der Waals surface area contributed by atoms with Gasteiger partial charge in [-0.15, -0.1) is 0 Å². The van der Waals surface area contributed by atoms with Gasteiger partial charge in [-0.05, 0) is 50.7 Å². The molecular weight excluding hydrogens is 246 g/mol. The number of imidazole rings is 1. The Hall–Kier alpha value is -1.62. The molecule has 1 aromatic heterocycles. The SMILES string of the molecule is Cc1ccc2[nH]c(=S)n(C(C)(C)CC(N)=O)c2c1. The van der Waals surface area contributed by atoms with Gasteiger partial charge in [-0.25, -0.2) is 0 Å². The maximum atomic E-state index is 11.2. The third-order valence-electron chi connectivity index (χ3n) is 3.05. The molecule has 2 rings (SSSR count). The van der Waals surface area contributed by atoms with E-state index in [1.807, 2.05) is 37.5 Å². The average molecular weight is 263 g/mol. The summed E-state index contributed by atoms with van der Waals surface area (Å²) in [6, 6.07) is 6.08. The van der Waals surface area contributed by atoms with E-state index in [0.717, 1.165) is 16.6 Å². The van der Waals surface area contributed by atoms with Gasteiger partial charge in [0, 0.05) is 6.42 Å². The lowest BCUT2D eigenvalue weighted by atomic mass is 9.99. The normalized spacial score (nSPS) is 11.9. The van der Waals surface area contributed by atoms with Gasteiger partial charge >= 0.3 is 0 Å². The van der Waals surface area contributed by atoms with Gasteiger partial charge in [0.1, 0.15) is 0 Å². The van der Waals surface area contributed by atoms with Crippen LogP contribution in [0.25, 0.3) is 11.0 Å². The molecule has 1 heterocycles. The van der Waals surface area contributed by atoms with Gasteiger partial charge in [0.25, 0.3) is 0 Å². The van der Waals surface area contributed by atoms with Gasteiger partial charge in [-0.3, -0.25) is 4.79 Å². The largest absolute Gasteiger partial charge is 0.370 e. The molecule has 0 spiro atoms. The Morgan fingerprint density at radius 2 is 2.17 bits per heavy atom. The van der Waals surface area contributed by atoms with E-state index in [9.17, 15) is 4.79 Å². The van der Waals surface area contributed by atoms with Crippen molar-refractivity contribution in [3.63, 3.8) is 0 Å². The number of primary amides is 1. The van der Waals surface area contributed by atoms with Crippen LogP contribution < -0.4 is 5.73 Å². The summed E-state index contributed by atoms with van der Waals surface area (Å²) in [7, 11) is 0. The molecule has 0 radical (unpaired) electrons. The summed E-state index contributed by atoms with van der Waals surface area (Å²) < 4.78 is 2.58. The molecule has 1 amide bonds. The van der Waals surface area contributed by atoms with Crippen LogP contribution in [-0.4, -0.2) is 15.5 Å². The van der Waals surface area contributed by atoms with Crippen LogP contribution in [0.1, 0.15) is 25.8 Å². The summed E-state index contributed by atoms with van der Waals surface area (Å²) >= 11 is 5.35. The number of benzene rings is 1. The van der Waals surface area contributed by atoms with E-state index in [0.29, 0.717) is 4.77 Å². The number of fused-ring (bicyclic) bond motifs is 1. The molecule has 0 unspecified atom stereocenters. The van der Waals surface area contributed by atoms with E-state index in [1.54, 1.807) is 0 Å². The minimum atomic E-state index is -0.436. The Balaban J connectivity index is 2.70. The van der Waals surface area contributed by atoms with Crippen molar-refractivity contribution in [2.45, 2.75) is 32.7 Å². The van der Waals surface area contributed by atoms with Crippen LogP contribution in [-0.2, 0) is 10.3 Å². The minimum absolute atomic E-state index is 0.252. The van der Waals surface area contributed by atoms with E-state index in [2.05, 4.69) is 11.1 Å². The standard InChI is InChI=1S/C13H17N3OS/c1-8-4-5-9-10(6-8)16(12(18)15-9)13(2,3)7-11(14)17/h4-6H,7H2,1-3H3,(H2,14,17)(H,15,18). The van der Waals surface area contributed by atoms with Crippen LogP contribution in [0.5, 0.6) is 0 Å². The van der Waals surface area contributed by atoms with E-state index in [1.165, 1.54) is 0 Å². The quantitative estimate of drug-likeness (QED) is 0.836. The van der Waals surface area contributed by atoms with Crippen molar-refractivity contribution in [1.82, 2.24) is 9.55 Å². The Kier molecular flexibility index (Phi) is 3.02. The van der Waals surface area contributed by atoms with Crippen LogP contribution in [0.4, 0.5) is 0 Å². The number of rotatable bonds is 3. The smallest absolute Gasteiger partial charge is 0.219 e. The van der Waals surface area contributed by atoms with Gasteiger partial charge in [-0.1, -0.05) is 6.07 Å². The van der Waals surface area contributed by atoms with Gasteiger partial charge in [0.05, 0.1) is 16.6 Å². The average Bonchev–Trinajstić information content (AvgIpc) is 2.51. The van der Waals surface area contributed by atoms with Crippen molar-refractivity contribution in [1.29, 1.82) is 0 Å². The summed E-state index contributed by atoms with van der Waals surface area (Å²) in [4.78, 5) is 14.3. The number of aromatic amines is 1. The zero-order valence-electron chi connectivity index (χ0n) is 10.8. The fraction of sp³-hybridized carbons (Fsp3) is 0.385. The lowest BCUT2D eigenvalue weighted by Gasteiger charge is -2.26. The number of hydrogen-bond acceptors (Lipinski definition) is 2. The van der Waals surface area contributed by atoms with Crippen molar-refractivity contribution in [3.05, 3.63) is 28.5 Å². The molecule has 0 saturated carbocycles. The van der Waals surface area contributed by atoms with E-state index >= 15 is 0 Å². The summed E-state index contributed by atoms with van der Waals surface area (Å²) in [5, 5.41) is 0. The molecular formula is C13H17N3OS. The van der Waals surface area contributed by atoms with E-state index < -0.39 is 5.54 Å². The van der Waals surface area contributed by atoms with Gasteiger partial charge in [0.15, 0.2) is 4.77 Å². The zero-order valence-corrected chi connectivity index (χ0v) is 11.6. The molecule has 5 heteroatoms. The van der Waals surface area contributed by atoms with E-state index in [4.69, 9.17) is 18.0 Å². The van der Waals surface area contributed by atoms with Gasteiger partial charge in [-0.2, -0.15) is 0 Å². The van der Waals surface area contributed by atoms with Gasteiger partial charge < -0.3 is 15.3 Å². The van der Waals surface area contributed by atoms with Crippen molar-refractivity contribution >= 4 is 29.2 Å². The maximum absolute atomic E-state index is 11.2. The fourth-order valence-corrected chi connectivity index (χ4v) is 2.77. The van der Waals surface area contributed by atoms with Crippen LogP contribution >= 0.6 is 12.2 Å². The summed E-state index contributed by atoms with van der Waals surface area (Å²) in [5.74, 6) is -0.330. The monoisotopic (exact) mass is 263 g/mol. The van der Waals surface area contributed by atoms with Crippen molar-refractivity contribution < 1.29 is 4.79 Å². The number of carbonyl (C=O) groups is 1. The van der Waals surface area contributed by atoms with Crippen molar-refractivity contribution in [3.8, 4) is 0 Å². The molecule has 96 valence electrons.